The van der Waals surface area contributed by atoms with Gasteiger partial charge in [-0.25, -0.2) is 0 Å². The quantitative estimate of drug-likeness (QED) is 0.119. The van der Waals surface area contributed by atoms with E-state index < -0.39 is 81.4 Å². The molecule has 0 aromatic rings. The molecule has 28 heavy (non-hydrogen) atoms. The molecule has 0 spiro atoms. The van der Waals surface area contributed by atoms with Crippen molar-refractivity contribution in [3.63, 3.8) is 0 Å². The number of azo groups is 1. The second-order valence-corrected chi connectivity index (χ2v) is 6.41. The Morgan fingerprint density at radius 3 is 2.00 bits per heavy atom. The minimum atomic E-state index is -1.77. The fourth-order valence-corrected chi connectivity index (χ4v) is 2.87. The van der Waals surface area contributed by atoms with Crippen molar-refractivity contribution < 1.29 is 59.6 Å². The van der Waals surface area contributed by atoms with Crippen LogP contribution in [0.15, 0.2) is 5.11 Å². The predicted octanol–water partition coefficient (Wildman–Crippen LogP) is -4.82. The van der Waals surface area contributed by atoms with E-state index in [1.54, 1.807) is 0 Å². The van der Waals surface area contributed by atoms with Crippen LogP contribution >= 0.6 is 0 Å². The minimum absolute atomic E-state index is 0.218. The van der Waals surface area contributed by atoms with Crippen molar-refractivity contribution in [2.24, 2.45) is 5.11 Å². The maximum atomic E-state index is 10.8. The Morgan fingerprint density at radius 2 is 1.43 bits per heavy atom. The van der Waals surface area contributed by atoms with Crippen LogP contribution in [0.4, 0.5) is 0 Å². The first-order valence-corrected chi connectivity index (χ1v) is 8.49. The van der Waals surface area contributed by atoms with Gasteiger partial charge in [-0.15, -0.1) is 0 Å². The highest BCUT2D eigenvalue weighted by Gasteiger charge is 2.50. The zero-order valence-electron chi connectivity index (χ0n) is 15.0. The van der Waals surface area contributed by atoms with Crippen LogP contribution in [0.3, 0.4) is 0 Å². The summed E-state index contributed by atoms with van der Waals surface area (Å²) < 4.78 is 20.9. The summed E-state index contributed by atoms with van der Waals surface area (Å²) in [6.45, 7) is -1.87. The number of ether oxygens (including phenoxy) is 4. The molecular weight excluding hydrogens is 388 g/mol. The summed E-state index contributed by atoms with van der Waals surface area (Å²) in [5.41, 5.74) is 0. The van der Waals surface area contributed by atoms with E-state index in [9.17, 15) is 41.0 Å². The van der Waals surface area contributed by atoms with Gasteiger partial charge in [0.2, 0.25) is 6.73 Å². The molecule has 14 nitrogen and oxygen atoms in total. The molecule has 2 heterocycles. The third kappa shape index (κ3) is 5.11. The lowest BCUT2D eigenvalue weighted by Crippen LogP contribution is -2.64. The van der Waals surface area contributed by atoms with Crippen LogP contribution < -0.4 is 0 Å². The number of hydroxylamine groups is 1. The van der Waals surface area contributed by atoms with Gasteiger partial charge < -0.3 is 59.9 Å². The first kappa shape index (κ1) is 23.2. The average molecular weight is 414 g/mol. The van der Waals surface area contributed by atoms with E-state index in [-0.39, 0.29) is 4.86 Å². The highest BCUT2D eigenvalue weighted by molar-refractivity contribution is 4.94. The number of aliphatic hydroxyl groups excluding tert-OH is 7. The second-order valence-electron chi connectivity index (χ2n) is 6.41. The summed E-state index contributed by atoms with van der Waals surface area (Å²) in [6.07, 6.45) is -15.5. The standard InChI is InChI=1S/C14H26N2O12/c1-16(24)15-4-25-13-11(23)12(8(20)6(3-18)26-13)28-14-10(22)9(21)7(19)5(2-17)27-14/h5-14,17-23H,2-4H2,1H3/b16-15+/t5-,6-,7-,8-,9+,10-,11-,12+,13-,14+/m1/s1. The lowest BCUT2D eigenvalue weighted by Gasteiger charge is -2.45. The molecule has 0 saturated carbocycles. The lowest BCUT2D eigenvalue weighted by atomic mass is 9.97. The molecule has 0 unspecified atom stereocenters. The molecule has 0 amide bonds. The molecule has 10 atom stereocenters. The molecule has 0 bridgehead atoms. The molecule has 2 rings (SSSR count). The number of rotatable bonds is 7. The second kappa shape index (κ2) is 10.1. The van der Waals surface area contributed by atoms with E-state index in [4.69, 9.17) is 18.9 Å². The smallest absolute Gasteiger partial charge is 0.203 e. The maximum absolute atomic E-state index is 10.8. The predicted molar refractivity (Wildman–Crippen MR) is 84.3 cm³/mol. The Labute approximate surface area is 159 Å². The van der Waals surface area contributed by atoms with Gasteiger partial charge in [0.05, 0.1) is 13.2 Å². The van der Waals surface area contributed by atoms with Gasteiger partial charge >= 0.3 is 0 Å². The van der Waals surface area contributed by atoms with E-state index in [0.717, 1.165) is 7.05 Å². The third-order valence-electron chi connectivity index (χ3n) is 4.46. The first-order valence-electron chi connectivity index (χ1n) is 8.49. The molecule has 14 heteroatoms. The summed E-state index contributed by atoms with van der Waals surface area (Å²) in [4.78, 5) is 0.218. The van der Waals surface area contributed by atoms with E-state index in [1.165, 1.54) is 0 Å². The van der Waals surface area contributed by atoms with Crippen molar-refractivity contribution in [1.82, 2.24) is 0 Å². The van der Waals surface area contributed by atoms with Gasteiger partial charge in [-0.3, -0.25) is 0 Å². The van der Waals surface area contributed by atoms with Gasteiger partial charge in [0.1, 0.15) is 48.8 Å². The minimum Gasteiger partial charge on any atom is -0.600 e. The molecule has 0 aromatic heterocycles. The Kier molecular flexibility index (Phi) is 8.41. The zero-order chi connectivity index (χ0) is 21.0. The molecule has 0 aromatic carbocycles. The Hall–Kier alpha value is -1.04. The fraction of sp³-hybridized carbons (Fsp3) is 1.00. The van der Waals surface area contributed by atoms with Crippen LogP contribution in [0, 0.1) is 5.21 Å². The van der Waals surface area contributed by atoms with Crippen LogP contribution in [-0.4, -0.2) is 129 Å². The van der Waals surface area contributed by atoms with E-state index in [0.29, 0.717) is 0 Å². The zero-order valence-corrected chi connectivity index (χ0v) is 15.0. The highest BCUT2D eigenvalue weighted by Crippen LogP contribution is 2.29. The summed E-state index contributed by atoms with van der Waals surface area (Å²) in [6, 6.07) is 0. The van der Waals surface area contributed by atoms with Crippen molar-refractivity contribution in [1.29, 1.82) is 0 Å². The largest absolute Gasteiger partial charge is 0.600 e. The third-order valence-corrected chi connectivity index (χ3v) is 4.46. The molecule has 2 saturated heterocycles. The van der Waals surface area contributed by atoms with Crippen LogP contribution in [0.5, 0.6) is 0 Å². The summed E-state index contributed by atoms with van der Waals surface area (Å²) in [5, 5.41) is 83.0. The van der Waals surface area contributed by atoms with Gasteiger partial charge in [-0.05, 0) is 5.11 Å². The molecule has 2 aliphatic heterocycles. The molecule has 0 aliphatic carbocycles. The van der Waals surface area contributed by atoms with Gasteiger partial charge in [0.15, 0.2) is 19.6 Å². The van der Waals surface area contributed by atoms with Gasteiger partial charge in [-0.2, -0.15) is 0 Å². The lowest BCUT2D eigenvalue weighted by molar-refractivity contribution is -0.505. The van der Waals surface area contributed by atoms with E-state index in [2.05, 4.69) is 5.11 Å². The van der Waals surface area contributed by atoms with Gasteiger partial charge in [0.25, 0.3) is 0 Å². The van der Waals surface area contributed by atoms with Crippen LogP contribution in [0.25, 0.3) is 0 Å². The number of aliphatic hydroxyl groups is 7. The average Bonchev–Trinajstić information content (AvgIpc) is 2.66. The Bertz CT molecular complexity index is 519. The molecule has 164 valence electrons. The van der Waals surface area contributed by atoms with Crippen molar-refractivity contribution in [3.05, 3.63) is 5.21 Å². The summed E-state index contributed by atoms with van der Waals surface area (Å²) in [7, 11) is 1.10. The van der Waals surface area contributed by atoms with Crippen LogP contribution in [0.2, 0.25) is 0 Å². The van der Waals surface area contributed by atoms with Crippen LogP contribution in [-0.2, 0) is 18.9 Å². The van der Waals surface area contributed by atoms with Gasteiger partial charge in [0, 0.05) is 0 Å². The SMILES string of the molecule is C/[N+]([O-])=N\CO[C@@H]1O[C@H](CO)[C@@H](O)[C@H](O[C@@H]2O[C@H](CO)[C@@H](O)[C@H](O)[C@H]2O)[C@H]1O. The molecule has 0 radical (unpaired) electrons. The molecule has 2 fully saturated rings. The van der Waals surface area contributed by atoms with Crippen LogP contribution in [0.1, 0.15) is 0 Å². The number of hydrogen-bond acceptors (Lipinski definition) is 13. The number of nitrogens with zero attached hydrogens (tertiary/aromatic N) is 2. The maximum Gasteiger partial charge on any atom is 0.203 e. The van der Waals surface area contributed by atoms with E-state index in [1.807, 2.05) is 0 Å². The van der Waals surface area contributed by atoms with Crippen molar-refractivity contribution in [2.75, 3.05) is 27.0 Å². The topological polar surface area (TPSA) is 217 Å². The van der Waals surface area contributed by atoms with Gasteiger partial charge in [-0.1, -0.05) is 4.86 Å². The first-order chi connectivity index (χ1) is 13.2. The molecule has 7 N–H and O–H groups in total. The Balaban J connectivity index is 2.12. The Morgan fingerprint density at radius 1 is 0.857 bits per heavy atom. The normalized spacial score (nSPS) is 45.2. The summed E-state index contributed by atoms with van der Waals surface area (Å²) in [5.74, 6) is 0. The monoisotopic (exact) mass is 414 g/mol. The fourth-order valence-electron chi connectivity index (χ4n) is 2.87. The van der Waals surface area contributed by atoms with Crippen molar-refractivity contribution >= 4 is 0 Å². The van der Waals surface area contributed by atoms with Crippen molar-refractivity contribution in [2.45, 2.75) is 61.4 Å². The van der Waals surface area contributed by atoms with Crippen molar-refractivity contribution in [3.8, 4) is 0 Å². The van der Waals surface area contributed by atoms with E-state index >= 15 is 0 Å². The highest BCUT2D eigenvalue weighted by atomic mass is 16.7. The molecular formula is C14H26N2O12. The molecule has 2 aliphatic rings. The number of hydrogen-bond donors (Lipinski definition) is 7. The summed E-state index contributed by atoms with van der Waals surface area (Å²) >= 11 is 0.